The summed E-state index contributed by atoms with van der Waals surface area (Å²) in [6, 6.07) is 9.66. The molecule has 0 saturated heterocycles. The van der Waals surface area contributed by atoms with Gasteiger partial charge >= 0.3 is 24.1 Å². The van der Waals surface area contributed by atoms with E-state index in [-0.39, 0.29) is 57.1 Å². The highest BCUT2D eigenvalue weighted by molar-refractivity contribution is 5.70. The van der Waals surface area contributed by atoms with Crippen LogP contribution in [0.4, 0.5) is 9.59 Å². The van der Waals surface area contributed by atoms with E-state index < -0.39 is 12.2 Å². The molecule has 0 aliphatic heterocycles. The molecule has 232 valence electrons. The second-order valence-electron chi connectivity index (χ2n) is 9.48. The maximum absolute atomic E-state index is 12.0. The average molecular weight is 587 g/mol. The summed E-state index contributed by atoms with van der Waals surface area (Å²) in [5.41, 5.74) is 1.95. The second kappa shape index (κ2) is 23.6. The molecule has 0 aliphatic carbocycles. The second-order valence-corrected chi connectivity index (χ2v) is 9.48. The molecule has 1 rings (SSSR count). The van der Waals surface area contributed by atoms with Crippen molar-refractivity contribution in [3.63, 3.8) is 0 Å². The van der Waals surface area contributed by atoms with Crippen LogP contribution < -0.4 is 10.6 Å². The highest BCUT2D eigenvalue weighted by Gasteiger charge is 2.12. The maximum atomic E-state index is 12.0. The van der Waals surface area contributed by atoms with Crippen molar-refractivity contribution in [2.24, 2.45) is 5.92 Å². The number of allylic oxidation sites excluding steroid dienone is 4. The molecule has 0 aliphatic rings. The number of ether oxygens (including phenoxy) is 4. The lowest BCUT2D eigenvalue weighted by molar-refractivity contribution is -0.145. The zero-order valence-corrected chi connectivity index (χ0v) is 24.8. The summed E-state index contributed by atoms with van der Waals surface area (Å²) >= 11 is 0. The minimum atomic E-state index is -0.580. The van der Waals surface area contributed by atoms with Crippen LogP contribution >= 0.6 is 0 Å². The molecule has 0 radical (unpaired) electrons. The Balaban J connectivity index is 2.09. The van der Waals surface area contributed by atoms with Gasteiger partial charge in [-0.2, -0.15) is 0 Å². The fraction of sp³-hybridized carbons (Fsp3) is 0.500. The van der Waals surface area contributed by atoms with Gasteiger partial charge in [0, 0.05) is 25.9 Å². The minimum absolute atomic E-state index is 0.00784. The molecule has 10 heteroatoms. The number of alkyl carbamates (subject to hydrolysis) is 2. The van der Waals surface area contributed by atoms with Crippen LogP contribution in [0.25, 0.3) is 0 Å². The topological polar surface area (TPSA) is 129 Å². The summed E-state index contributed by atoms with van der Waals surface area (Å²) in [5, 5.41) is 5.43. The fourth-order valence-corrected chi connectivity index (χ4v) is 3.93. The van der Waals surface area contributed by atoms with E-state index in [1.54, 1.807) is 18.2 Å². The van der Waals surface area contributed by atoms with Crippen molar-refractivity contribution in [1.82, 2.24) is 10.6 Å². The molecular weight excluding hydrogens is 540 g/mol. The number of amides is 2. The Bertz CT molecular complexity index is 993. The molecule has 1 atom stereocenters. The van der Waals surface area contributed by atoms with Crippen LogP contribution in [0, 0.1) is 5.92 Å². The largest absolute Gasteiger partial charge is 0.462 e. The number of benzene rings is 1. The van der Waals surface area contributed by atoms with Crippen molar-refractivity contribution < 1.29 is 38.1 Å². The molecule has 1 aromatic rings. The van der Waals surface area contributed by atoms with Gasteiger partial charge in [-0.25, -0.2) is 9.59 Å². The Hall–Kier alpha value is -4.08. The summed E-state index contributed by atoms with van der Waals surface area (Å²) in [5.74, 6) is -0.496. The first-order valence-corrected chi connectivity index (χ1v) is 14.5. The third kappa shape index (κ3) is 19.1. The van der Waals surface area contributed by atoms with Gasteiger partial charge in [-0.05, 0) is 49.2 Å². The standard InChI is InChI=1S/C32H46N2O8/c1-4-11-26(6-3)16-18-29(35)39-21-23-41-31(37)33-20-10-15-28(12-5-2)25-34-32(38)42-24-22-40-30(36)19-17-27-13-8-7-9-14-27/h4,6-9,11,13-14,28H,1,3,5,10,12,15-25H2,2H3,(H,33,37)(H,34,38)/b26-11+. The van der Waals surface area contributed by atoms with Gasteiger partial charge in [-0.3, -0.25) is 9.59 Å². The normalized spacial score (nSPS) is 11.5. The third-order valence-corrected chi connectivity index (χ3v) is 6.12. The Labute approximate surface area is 249 Å². The zero-order valence-electron chi connectivity index (χ0n) is 24.8. The van der Waals surface area contributed by atoms with Gasteiger partial charge in [0.25, 0.3) is 0 Å². The SMILES string of the molecule is C=C/C=C(\C=C)CCC(=O)OCCOC(=O)NCCCC(CCC)CNC(=O)OCCOC(=O)CCc1ccccc1. The molecule has 0 spiro atoms. The van der Waals surface area contributed by atoms with Gasteiger partial charge in [0.1, 0.15) is 26.4 Å². The number of carbonyl (C=O) groups is 4. The van der Waals surface area contributed by atoms with Crippen molar-refractivity contribution >= 4 is 24.1 Å². The van der Waals surface area contributed by atoms with E-state index in [1.165, 1.54) is 0 Å². The molecule has 10 nitrogen and oxygen atoms in total. The number of aryl methyl sites for hydroxylation is 1. The van der Waals surface area contributed by atoms with Crippen LogP contribution in [0.15, 0.2) is 67.3 Å². The maximum Gasteiger partial charge on any atom is 0.407 e. The van der Waals surface area contributed by atoms with E-state index in [0.717, 1.165) is 30.4 Å². The van der Waals surface area contributed by atoms with Crippen molar-refractivity contribution in [2.75, 3.05) is 39.5 Å². The number of hydrogen-bond acceptors (Lipinski definition) is 8. The van der Waals surface area contributed by atoms with Gasteiger partial charge < -0.3 is 29.6 Å². The monoisotopic (exact) mass is 586 g/mol. The van der Waals surface area contributed by atoms with Gasteiger partial charge in [0.05, 0.1) is 0 Å². The van der Waals surface area contributed by atoms with E-state index in [1.807, 2.05) is 30.3 Å². The van der Waals surface area contributed by atoms with Crippen molar-refractivity contribution in [2.45, 2.75) is 58.3 Å². The minimum Gasteiger partial charge on any atom is -0.462 e. The Morgan fingerprint density at radius 1 is 0.810 bits per heavy atom. The van der Waals surface area contributed by atoms with Crippen LogP contribution in [0.2, 0.25) is 0 Å². The lowest BCUT2D eigenvalue weighted by Crippen LogP contribution is -2.31. The highest BCUT2D eigenvalue weighted by atomic mass is 16.6. The molecule has 2 N–H and O–H groups in total. The van der Waals surface area contributed by atoms with Crippen LogP contribution in [0.5, 0.6) is 0 Å². The van der Waals surface area contributed by atoms with Crippen LogP contribution in [0.3, 0.4) is 0 Å². The van der Waals surface area contributed by atoms with E-state index >= 15 is 0 Å². The molecule has 0 heterocycles. The molecule has 0 bridgehead atoms. The van der Waals surface area contributed by atoms with Gasteiger partial charge in [0.15, 0.2) is 0 Å². The number of rotatable bonds is 22. The van der Waals surface area contributed by atoms with E-state index in [0.29, 0.717) is 32.4 Å². The summed E-state index contributed by atoms with van der Waals surface area (Å²) in [7, 11) is 0. The first-order valence-electron chi connectivity index (χ1n) is 14.5. The molecule has 1 aromatic carbocycles. The third-order valence-electron chi connectivity index (χ3n) is 6.12. The Morgan fingerprint density at radius 3 is 2.05 bits per heavy atom. The first kappa shape index (κ1) is 35.9. The fourth-order valence-electron chi connectivity index (χ4n) is 3.93. The Morgan fingerprint density at radius 2 is 1.43 bits per heavy atom. The average Bonchev–Trinajstić information content (AvgIpc) is 2.99. The number of nitrogens with one attached hydrogen (secondary N) is 2. The quantitative estimate of drug-likeness (QED) is 0.0796. The first-order chi connectivity index (χ1) is 20.4. The molecule has 0 fully saturated rings. The Kier molecular flexibility index (Phi) is 20.2. The molecule has 1 unspecified atom stereocenters. The zero-order chi connectivity index (χ0) is 30.8. The summed E-state index contributed by atoms with van der Waals surface area (Å²) in [6.07, 6.45) is 8.85. The van der Waals surface area contributed by atoms with Crippen LogP contribution in [0.1, 0.15) is 57.4 Å². The summed E-state index contributed by atoms with van der Waals surface area (Å²) in [6.45, 7) is 10.1. The highest BCUT2D eigenvalue weighted by Crippen LogP contribution is 2.12. The molecule has 0 saturated carbocycles. The predicted molar refractivity (Wildman–Crippen MR) is 161 cm³/mol. The van der Waals surface area contributed by atoms with E-state index in [2.05, 4.69) is 30.7 Å². The molecule has 2 amide bonds. The van der Waals surface area contributed by atoms with Crippen molar-refractivity contribution in [3.8, 4) is 0 Å². The van der Waals surface area contributed by atoms with Gasteiger partial charge in [-0.1, -0.05) is 75.1 Å². The van der Waals surface area contributed by atoms with Crippen molar-refractivity contribution in [3.05, 3.63) is 72.9 Å². The number of hydrogen-bond donors (Lipinski definition) is 2. The molecular formula is C32H46N2O8. The van der Waals surface area contributed by atoms with Crippen LogP contribution in [-0.4, -0.2) is 63.6 Å². The van der Waals surface area contributed by atoms with Gasteiger partial charge in [-0.15, -0.1) is 0 Å². The lowest BCUT2D eigenvalue weighted by atomic mass is 9.98. The summed E-state index contributed by atoms with van der Waals surface area (Å²) < 4.78 is 20.3. The molecule has 0 aromatic heterocycles. The van der Waals surface area contributed by atoms with Crippen LogP contribution in [-0.2, 0) is 35.0 Å². The summed E-state index contributed by atoms with van der Waals surface area (Å²) in [4.78, 5) is 47.5. The van der Waals surface area contributed by atoms with E-state index in [4.69, 9.17) is 18.9 Å². The smallest absolute Gasteiger partial charge is 0.407 e. The van der Waals surface area contributed by atoms with Crippen molar-refractivity contribution in [1.29, 1.82) is 0 Å². The number of carbonyl (C=O) groups excluding carboxylic acids is 4. The van der Waals surface area contributed by atoms with Gasteiger partial charge in [0.2, 0.25) is 0 Å². The number of esters is 2. The molecule has 42 heavy (non-hydrogen) atoms. The predicted octanol–water partition coefficient (Wildman–Crippen LogP) is 5.43. The lowest BCUT2D eigenvalue weighted by Gasteiger charge is -2.17. The van der Waals surface area contributed by atoms with E-state index in [9.17, 15) is 19.2 Å².